The summed E-state index contributed by atoms with van der Waals surface area (Å²) in [4.78, 5) is 18.7. The number of carbonyl (C=O) groups excluding carboxylic acids is 1. The second kappa shape index (κ2) is 7.62. The van der Waals surface area contributed by atoms with Crippen LogP contribution in [0.4, 0.5) is 4.79 Å². The molecule has 130 valence electrons. The Morgan fingerprint density at radius 2 is 2.22 bits per heavy atom. The molecule has 0 aromatic carbocycles. The summed E-state index contributed by atoms with van der Waals surface area (Å²) in [7, 11) is 0. The Kier molecular flexibility index (Phi) is 6.03. The molecule has 1 aromatic heterocycles. The van der Waals surface area contributed by atoms with Crippen LogP contribution in [0.3, 0.4) is 0 Å². The number of thiazole rings is 1. The van der Waals surface area contributed by atoms with Crippen molar-refractivity contribution in [3.63, 3.8) is 0 Å². The predicted octanol–water partition coefficient (Wildman–Crippen LogP) is 3.89. The summed E-state index contributed by atoms with van der Waals surface area (Å²) in [5, 5.41) is 6.68. The van der Waals surface area contributed by atoms with Gasteiger partial charge in [-0.25, -0.2) is 9.78 Å². The van der Waals surface area contributed by atoms with E-state index in [0.29, 0.717) is 6.04 Å². The maximum Gasteiger partial charge on any atom is 0.410 e. The Balaban J connectivity index is 1.73. The first kappa shape index (κ1) is 18.2. The maximum atomic E-state index is 12.3. The van der Waals surface area contributed by atoms with E-state index >= 15 is 0 Å². The highest BCUT2D eigenvalue weighted by atomic mass is 32.1. The standard InChI is InChI=1S/C17H29N3O2S/c1-12(15-11-23-13(2)19-15)18-9-6-10-20(14-7-8-14)16(21)22-17(3,4)5/h11-12,14,18H,6-10H2,1-5H3. The maximum absolute atomic E-state index is 12.3. The van der Waals surface area contributed by atoms with Gasteiger partial charge in [0.25, 0.3) is 0 Å². The normalized spacial score (nSPS) is 16.2. The lowest BCUT2D eigenvalue weighted by molar-refractivity contribution is 0.0231. The number of hydrogen-bond acceptors (Lipinski definition) is 5. The number of ether oxygens (including phenoxy) is 1. The third-order valence-electron chi connectivity index (χ3n) is 3.72. The van der Waals surface area contributed by atoms with Gasteiger partial charge in [0.15, 0.2) is 0 Å². The molecule has 1 unspecified atom stereocenters. The summed E-state index contributed by atoms with van der Waals surface area (Å²) in [5.74, 6) is 0. The second-order valence-electron chi connectivity index (χ2n) is 7.23. The Morgan fingerprint density at radius 1 is 1.52 bits per heavy atom. The van der Waals surface area contributed by atoms with Crippen molar-refractivity contribution in [3.8, 4) is 0 Å². The smallest absolute Gasteiger partial charge is 0.410 e. The van der Waals surface area contributed by atoms with Crippen molar-refractivity contribution >= 4 is 17.4 Å². The highest BCUT2D eigenvalue weighted by molar-refractivity contribution is 7.09. The van der Waals surface area contributed by atoms with Gasteiger partial charge in [-0.3, -0.25) is 0 Å². The number of rotatable bonds is 7. The third kappa shape index (κ3) is 6.11. The first-order valence-electron chi connectivity index (χ1n) is 8.41. The number of aryl methyl sites for hydroxylation is 1. The minimum Gasteiger partial charge on any atom is -0.444 e. The fraction of sp³-hybridized carbons (Fsp3) is 0.765. The Bertz CT molecular complexity index is 520. The van der Waals surface area contributed by atoms with Crippen molar-refractivity contribution in [2.45, 2.75) is 71.6 Å². The van der Waals surface area contributed by atoms with E-state index in [4.69, 9.17) is 4.74 Å². The zero-order chi connectivity index (χ0) is 17.0. The van der Waals surface area contributed by atoms with Gasteiger partial charge in [-0.15, -0.1) is 11.3 Å². The van der Waals surface area contributed by atoms with Crippen LogP contribution in [-0.2, 0) is 4.74 Å². The SMILES string of the molecule is Cc1nc(C(C)NCCCN(C(=O)OC(C)(C)C)C2CC2)cs1. The molecule has 1 N–H and O–H groups in total. The van der Waals surface area contributed by atoms with E-state index in [1.807, 2.05) is 32.6 Å². The molecule has 1 amide bonds. The molecule has 0 aliphatic heterocycles. The monoisotopic (exact) mass is 339 g/mol. The van der Waals surface area contributed by atoms with E-state index < -0.39 is 5.60 Å². The molecule has 1 atom stereocenters. The van der Waals surface area contributed by atoms with Crippen molar-refractivity contribution in [3.05, 3.63) is 16.1 Å². The molecule has 0 saturated heterocycles. The lowest BCUT2D eigenvalue weighted by Gasteiger charge is -2.27. The molecule has 0 spiro atoms. The van der Waals surface area contributed by atoms with Crippen molar-refractivity contribution in [1.82, 2.24) is 15.2 Å². The molecule has 2 rings (SSSR count). The lowest BCUT2D eigenvalue weighted by Crippen LogP contribution is -2.39. The number of hydrogen-bond donors (Lipinski definition) is 1. The van der Waals surface area contributed by atoms with E-state index in [0.717, 1.165) is 43.1 Å². The summed E-state index contributed by atoms with van der Waals surface area (Å²) in [6, 6.07) is 0.624. The van der Waals surface area contributed by atoms with Crippen LogP contribution >= 0.6 is 11.3 Å². The van der Waals surface area contributed by atoms with Crippen molar-refractivity contribution in [2.75, 3.05) is 13.1 Å². The molecular weight excluding hydrogens is 310 g/mol. The van der Waals surface area contributed by atoms with Crippen LogP contribution in [0.5, 0.6) is 0 Å². The van der Waals surface area contributed by atoms with Gasteiger partial charge >= 0.3 is 6.09 Å². The molecule has 6 heteroatoms. The van der Waals surface area contributed by atoms with Gasteiger partial charge in [0, 0.05) is 24.0 Å². The highest BCUT2D eigenvalue weighted by Crippen LogP contribution is 2.28. The predicted molar refractivity (Wildman–Crippen MR) is 93.8 cm³/mol. The van der Waals surface area contributed by atoms with E-state index in [9.17, 15) is 4.79 Å². The van der Waals surface area contributed by atoms with Crippen LogP contribution in [0.25, 0.3) is 0 Å². The average Bonchev–Trinajstić information content (AvgIpc) is 3.17. The summed E-state index contributed by atoms with van der Waals surface area (Å²) >= 11 is 1.68. The van der Waals surface area contributed by atoms with E-state index in [1.54, 1.807) is 11.3 Å². The molecule has 0 radical (unpaired) electrons. The van der Waals surface area contributed by atoms with Gasteiger partial charge in [0.2, 0.25) is 0 Å². The van der Waals surface area contributed by atoms with Crippen molar-refractivity contribution in [2.24, 2.45) is 0 Å². The van der Waals surface area contributed by atoms with Gasteiger partial charge in [-0.05, 0) is 60.4 Å². The van der Waals surface area contributed by atoms with Gasteiger partial charge in [0.05, 0.1) is 10.7 Å². The minimum atomic E-state index is -0.431. The zero-order valence-electron chi connectivity index (χ0n) is 14.9. The highest BCUT2D eigenvalue weighted by Gasteiger charge is 2.34. The number of nitrogens with zero attached hydrogens (tertiary/aromatic N) is 2. The van der Waals surface area contributed by atoms with Crippen LogP contribution in [0.2, 0.25) is 0 Å². The fourth-order valence-electron chi connectivity index (χ4n) is 2.38. The topological polar surface area (TPSA) is 54.5 Å². The molecule has 5 nitrogen and oxygen atoms in total. The second-order valence-corrected chi connectivity index (χ2v) is 8.29. The molecule has 23 heavy (non-hydrogen) atoms. The van der Waals surface area contributed by atoms with Crippen molar-refractivity contribution in [1.29, 1.82) is 0 Å². The molecule has 1 aromatic rings. The van der Waals surface area contributed by atoms with E-state index in [-0.39, 0.29) is 12.1 Å². The average molecular weight is 340 g/mol. The quantitative estimate of drug-likeness (QED) is 0.766. The van der Waals surface area contributed by atoms with Crippen LogP contribution < -0.4 is 5.32 Å². The van der Waals surface area contributed by atoms with Gasteiger partial charge < -0.3 is 15.0 Å². The molecule has 1 saturated carbocycles. The fourth-order valence-corrected chi connectivity index (χ4v) is 3.09. The third-order valence-corrected chi connectivity index (χ3v) is 4.51. The van der Waals surface area contributed by atoms with Gasteiger partial charge in [-0.2, -0.15) is 0 Å². The number of amides is 1. The molecular formula is C17H29N3O2S. The Hall–Kier alpha value is -1.14. The Morgan fingerprint density at radius 3 is 2.74 bits per heavy atom. The zero-order valence-corrected chi connectivity index (χ0v) is 15.7. The molecule has 1 aliphatic carbocycles. The van der Waals surface area contributed by atoms with Crippen LogP contribution in [-0.4, -0.2) is 40.7 Å². The largest absolute Gasteiger partial charge is 0.444 e. The Labute approximate surface area is 143 Å². The van der Waals surface area contributed by atoms with Crippen LogP contribution in [0.15, 0.2) is 5.38 Å². The summed E-state index contributed by atoms with van der Waals surface area (Å²) < 4.78 is 5.51. The number of carbonyl (C=O) groups is 1. The number of aromatic nitrogens is 1. The summed E-state index contributed by atoms with van der Waals surface area (Å²) in [6.45, 7) is 11.5. The van der Waals surface area contributed by atoms with E-state index in [2.05, 4.69) is 22.6 Å². The molecule has 1 heterocycles. The van der Waals surface area contributed by atoms with Crippen LogP contribution in [0.1, 0.15) is 63.7 Å². The van der Waals surface area contributed by atoms with Crippen LogP contribution in [0, 0.1) is 6.92 Å². The first-order chi connectivity index (χ1) is 10.8. The van der Waals surface area contributed by atoms with Gasteiger partial charge in [-0.1, -0.05) is 0 Å². The van der Waals surface area contributed by atoms with Gasteiger partial charge in [0.1, 0.15) is 5.60 Å². The van der Waals surface area contributed by atoms with Crippen molar-refractivity contribution < 1.29 is 9.53 Å². The van der Waals surface area contributed by atoms with E-state index in [1.165, 1.54) is 0 Å². The first-order valence-corrected chi connectivity index (χ1v) is 9.29. The number of nitrogens with one attached hydrogen (secondary N) is 1. The minimum absolute atomic E-state index is 0.178. The summed E-state index contributed by atoms with van der Waals surface area (Å²) in [5.41, 5.74) is 0.665. The molecule has 0 bridgehead atoms. The molecule has 1 fully saturated rings. The molecule has 1 aliphatic rings. The summed E-state index contributed by atoms with van der Waals surface area (Å²) in [6.07, 6.45) is 2.94. The lowest BCUT2D eigenvalue weighted by atomic mass is 10.2.